The van der Waals surface area contributed by atoms with E-state index in [0.717, 1.165) is 11.4 Å². The largest absolute Gasteiger partial charge is 0.494 e. The molecule has 4 aromatic rings. The van der Waals surface area contributed by atoms with Crippen molar-refractivity contribution in [3.63, 3.8) is 0 Å². The highest BCUT2D eigenvalue weighted by molar-refractivity contribution is 7.91. The van der Waals surface area contributed by atoms with Crippen molar-refractivity contribution in [2.45, 2.75) is 44.8 Å². The Kier molecular flexibility index (Phi) is 8.56. The number of aromatic nitrogens is 6. The van der Waals surface area contributed by atoms with E-state index in [1.165, 1.54) is 14.2 Å². The summed E-state index contributed by atoms with van der Waals surface area (Å²) in [6, 6.07) is 10.8. The molecule has 39 heavy (non-hydrogen) atoms. The number of aryl methyl sites for hydroxylation is 2. The summed E-state index contributed by atoms with van der Waals surface area (Å²) in [5.41, 5.74) is 2.93. The van der Waals surface area contributed by atoms with E-state index < -0.39 is 26.9 Å². The molecule has 0 unspecified atom stereocenters. The molecule has 0 saturated carbocycles. The van der Waals surface area contributed by atoms with Gasteiger partial charge in [0.15, 0.2) is 21.5 Å². The number of ether oxygens (including phenoxy) is 3. The summed E-state index contributed by atoms with van der Waals surface area (Å²) in [4.78, 5) is 13.2. The lowest BCUT2D eigenvalue weighted by Gasteiger charge is -2.23. The first kappa shape index (κ1) is 28.1. The van der Waals surface area contributed by atoms with Gasteiger partial charge in [-0.2, -0.15) is 0 Å². The second-order valence-corrected chi connectivity index (χ2v) is 11.3. The molecule has 0 radical (unpaired) electrons. The molecule has 0 amide bonds. The van der Waals surface area contributed by atoms with E-state index in [-0.39, 0.29) is 5.82 Å². The number of hydrogen-bond acceptors (Lipinski definition) is 10. The van der Waals surface area contributed by atoms with Crippen molar-refractivity contribution in [3.8, 4) is 28.7 Å². The van der Waals surface area contributed by atoms with Gasteiger partial charge in [-0.15, -0.1) is 10.2 Å². The molecule has 0 aliphatic rings. The summed E-state index contributed by atoms with van der Waals surface area (Å²) in [6.07, 6.45) is 2.32. The van der Waals surface area contributed by atoms with Crippen LogP contribution in [0, 0.1) is 13.8 Å². The van der Waals surface area contributed by atoms with Crippen LogP contribution in [0.3, 0.4) is 0 Å². The van der Waals surface area contributed by atoms with Gasteiger partial charge in [-0.1, -0.05) is 12.1 Å². The normalized spacial score (nSPS) is 13.2. The molecule has 12 heteroatoms. The fraction of sp³-hybridized carbons (Fsp3) is 0.370. The third kappa shape index (κ3) is 5.91. The molecule has 11 nitrogen and oxygen atoms in total. The summed E-state index contributed by atoms with van der Waals surface area (Å²) in [5.74, 6) is 1.00. The maximum absolute atomic E-state index is 13.9. The molecule has 0 fully saturated rings. The number of para-hydroxylation sites is 1. The first-order valence-electron chi connectivity index (χ1n) is 12.4. The zero-order chi connectivity index (χ0) is 28.2. The van der Waals surface area contributed by atoms with E-state index in [2.05, 4.69) is 25.1 Å². The summed E-state index contributed by atoms with van der Waals surface area (Å²) in [7, 11) is -0.800. The van der Waals surface area contributed by atoms with Crippen LogP contribution in [-0.2, 0) is 20.3 Å². The van der Waals surface area contributed by atoms with Gasteiger partial charge in [0.1, 0.15) is 34.7 Å². The molecular formula is C27H32N6O5S. The third-order valence-electron chi connectivity index (χ3n) is 6.23. The van der Waals surface area contributed by atoms with Gasteiger partial charge in [0.05, 0.1) is 37.1 Å². The lowest BCUT2D eigenvalue weighted by atomic mass is 10.2. The molecule has 1 aromatic carbocycles. The minimum Gasteiger partial charge on any atom is -0.494 e. The van der Waals surface area contributed by atoms with Crippen LogP contribution in [0.2, 0.25) is 0 Å². The van der Waals surface area contributed by atoms with Gasteiger partial charge in [0.2, 0.25) is 0 Å². The zero-order valence-corrected chi connectivity index (χ0v) is 23.6. The highest BCUT2D eigenvalue weighted by Gasteiger charge is 2.35. The molecule has 3 heterocycles. The molecule has 0 spiro atoms. The molecule has 0 N–H and O–H groups in total. The van der Waals surface area contributed by atoms with E-state index in [1.807, 2.05) is 26.0 Å². The standard InChI is InChI=1S/C27H32N6O5S/c1-7-38-26(21-15-28-18(3)14-29-21)19(4)39(34,35)16-24-31-32-27(20-11-8-10-17(2)30-20)33(24)25-22(36-5)12-9-13-23(25)37-6/h8-15,19,26H,7,16H2,1-6H3/t19-,26-/m1/s1. The van der Waals surface area contributed by atoms with E-state index in [4.69, 9.17) is 14.2 Å². The number of sulfone groups is 1. The summed E-state index contributed by atoms with van der Waals surface area (Å²) >= 11 is 0. The topological polar surface area (TPSA) is 131 Å². The number of rotatable bonds is 11. The molecule has 0 aliphatic carbocycles. The van der Waals surface area contributed by atoms with E-state index in [9.17, 15) is 8.42 Å². The minimum atomic E-state index is -3.86. The van der Waals surface area contributed by atoms with Crippen LogP contribution in [-0.4, -0.2) is 64.2 Å². The molecular weight excluding hydrogens is 520 g/mol. The molecule has 2 atom stereocenters. The number of pyridine rings is 1. The Morgan fingerprint density at radius 2 is 1.62 bits per heavy atom. The number of benzene rings is 1. The quantitative estimate of drug-likeness (QED) is 0.270. The van der Waals surface area contributed by atoms with Crippen LogP contribution in [0.1, 0.15) is 42.9 Å². The van der Waals surface area contributed by atoms with Crippen LogP contribution >= 0.6 is 0 Å². The fourth-order valence-electron chi connectivity index (χ4n) is 4.22. The Labute approximate surface area is 228 Å². The van der Waals surface area contributed by atoms with Gasteiger partial charge in [-0.05, 0) is 52.0 Å². The van der Waals surface area contributed by atoms with E-state index in [1.54, 1.807) is 55.1 Å². The highest BCUT2D eigenvalue weighted by Crippen LogP contribution is 2.37. The van der Waals surface area contributed by atoms with Gasteiger partial charge >= 0.3 is 0 Å². The molecule has 0 bridgehead atoms. The minimum absolute atomic E-state index is 0.174. The van der Waals surface area contributed by atoms with Gasteiger partial charge in [-0.25, -0.2) is 13.4 Å². The lowest BCUT2D eigenvalue weighted by Crippen LogP contribution is -2.30. The third-order valence-corrected chi connectivity index (χ3v) is 8.28. The van der Waals surface area contributed by atoms with Crippen molar-refractivity contribution >= 4 is 9.84 Å². The smallest absolute Gasteiger partial charge is 0.187 e. The van der Waals surface area contributed by atoms with Crippen molar-refractivity contribution in [1.29, 1.82) is 0 Å². The Morgan fingerprint density at radius 1 is 0.923 bits per heavy atom. The first-order valence-corrected chi connectivity index (χ1v) is 14.1. The van der Waals surface area contributed by atoms with Crippen molar-refractivity contribution in [2.75, 3.05) is 20.8 Å². The van der Waals surface area contributed by atoms with Crippen LogP contribution in [0.5, 0.6) is 11.5 Å². The maximum Gasteiger partial charge on any atom is 0.187 e. The SMILES string of the molecule is CCO[C@@H](c1cnc(C)cn1)[C@@H](C)S(=O)(=O)Cc1nnc(-c2cccc(C)n2)n1-c1c(OC)cccc1OC. The lowest BCUT2D eigenvalue weighted by molar-refractivity contribution is 0.0586. The fourth-order valence-corrected chi connectivity index (χ4v) is 5.62. The van der Waals surface area contributed by atoms with Crippen LogP contribution in [0.4, 0.5) is 0 Å². The van der Waals surface area contributed by atoms with Crippen LogP contribution in [0.15, 0.2) is 48.8 Å². The van der Waals surface area contributed by atoms with Gasteiger partial charge < -0.3 is 14.2 Å². The Morgan fingerprint density at radius 3 is 2.21 bits per heavy atom. The summed E-state index contributed by atoms with van der Waals surface area (Å²) in [6.45, 7) is 7.39. The zero-order valence-electron chi connectivity index (χ0n) is 22.8. The predicted molar refractivity (Wildman–Crippen MR) is 146 cm³/mol. The second kappa shape index (κ2) is 11.9. The highest BCUT2D eigenvalue weighted by atomic mass is 32.2. The van der Waals surface area contributed by atoms with Crippen molar-refractivity contribution < 1.29 is 22.6 Å². The number of nitrogens with zero attached hydrogens (tertiary/aromatic N) is 6. The average Bonchev–Trinajstić information content (AvgIpc) is 3.33. The van der Waals surface area contributed by atoms with Gasteiger partial charge in [0, 0.05) is 18.5 Å². The molecule has 4 rings (SSSR count). The van der Waals surface area contributed by atoms with Crippen molar-refractivity contribution in [2.24, 2.45) is 0 Å². The Bertz CT molecular complexity index is 1520. The van der Waals surface area contributed by atoms with E-state index >= 15 is 0 Å². The van der Waals surface area contributed by atoms with Gasteiger partial charge in [0.25, 0.3) is 0 Å². The van der Waals surface area contributed by atoms with Crippen LogP contribution in [0.25, 0.3) is 17.2 Å². The maximum atomic E-state index is 13.9. The molecule has 3 aromatic heterocycles. The number of hydrogen-bond donors (Lipinski definition) is 0. The Hall–Kier alpha value is -3.90. The molecule has 206 valence electrons. The average molecular weight is 553 g/mol. The van der Waals surface area contributed by atoms with Gasteiger partial charge in [-0.3, -0.25) is 14.5 Å². The number of methoxy groups -OCH3 is 2. The molecule has 0 saturated heterocycles. The van der Waals surface area contributed by atoms with Crippen molar-refractivity contribution in [1.82, 2.24) is 29.7 Å². The molecule has 0 aliphatic heterocycles. The Balaban J connectivity index is 1.84. The second-order valence-electron chi connectivity index (χ2n) is 8.92. The monoisotopic (exact) mass is 552 g/mol. The summed E-state index contributed by atoms with van der Waals surface area (Å²) < 4.78 is 46.5. The van der Waals surface area contributed by atoms with Crippen LogP contribution < -0.4 is 9.47 Å². The first-order chi connectivity index (χ1) is 18.7. The predicted octanol–water partition coefficient (Wildman–Crippen LogP) is 3.83. The van der Waals surface area contributed by atoms with Crippen molar-refractivity contribution in [3.05, 3.63) is 71.7 Å². The summed E-state index contributed by atoms with van der Waals surface area (Å²) in [5, 5.41) is 7.73. The van der Waals surface area contributed by atoms with E-state index in [0.29, 0.717) is 41.0 Å².